The number of morpholine rings is 1. The van der Waals surface area contributed by atoms with Gasteiger partial charge in [-0.15, -0.1) is 11.3 Å². The van der Waals surface area contributed by atoms with E-state index >= 15 is 0 Å². The maximum absolute atomic E-state index is 13.0. The van der Waals surface area contributed by atoms with Crippen LogP contribution in [0.15, 0.2) is 58.7 Å². The first-order valence-corrected chi connectivity index (χ1v) is 19.2. The number of rotatable bonds is 11. The minimum atomic E-state index is -5.08. The molecule has 0 bridgehead atoms. The van der Waals surface area contributed by atoms with Crippen LogP contribution in [0.25, 0.3) is 10.9 Å². The number of hydrogen-bond acceptors (Lipinski definition) is 12. The van der Waals surface area contributed by atoms with Gasteiger partial charge in [0.25, 0.3) is 5.91 Å². The first kappa shape index (κ1) is 47.4. The van der Waals surface area contributed by atoms with Gasteiger partial charge >= 0.3 is 24.3 Å². The molecule has 4 aromatic rings. The highest BCUT2D eigenvalue weighted by atomic mass is 32.1. The summed E-state index contributed by atoms with van der Waals surface area (Å²) in [6, 6.07) is 14.1. The van der Waals surface area contributed by atoms with Gasteiger partial charge in [-0.1, -0.05) is 18.2 Å². The predicted molar refractivity (Wildman–Crippen MR) is 204 cm³/mol. The Hall–Kier alpha value is -5.29. The number of halogens is 6. The molecule has 0 unspecified atom stereocenters. The zero-order valence-electron chi connectivity index (χ0n) is 32.0. The molecule has 6 N–H and O–H groups in total. The van der Waals surface area contributed by atoms with E-state index in [1.807, 2.05) is 41.5 Å². The Kier molecular flexibility index (Phi) is 16.4. The van der Waals surface area contributed by atoms with E-state index in [9.17, 15) is 46.1 Å². The molecule has 2 saturated heterocycles. The summed E-state index contributed by atoms with van der Waals surface area (Å²) in [5, 5.41) is 41.8. The van der Waals surface area contributed by atoms with Crippen LogP contribution in [0.5, 0.6) is 11.5 Å². The molecule has 4 heterocycles. The van der Waals surface area contributed by atoms with Crippen molar-refractivity contribution in [1.82, 2.24) is 25.1 Å². The lowest BCUT2D eigenvalue weighted by Crippen LogP contribution is -2.58. The van der Waals surface area contributed by atoms with Crippen LogP contribution < -0.4 is 15.6 Å². The average molecular weight is 876 g/mol. The van der Waals surface area contributed by atoms with E-state index in [1.165, 1.54) is 23.5 Å². The molecule has 0 aliphatic carbocycles. The molecule has 1 spiro atoms. The number of aliphatic hydroxyl groups excluding tert-OH is 1. The monoisotopic (exact) mass is 875 g/mol. The number of benzene rings is 2. The Morgan fingerprint density at radius 1 is 1.02 bits per heavy atom. The number of piperidine rings is 1. The number of aliphatic hydroxyl groups is 1. The predicted octanol–water partition coefficient (Wildman–Crippen LogP) is 4.86. The lowest BCUT2D eigenvalue weighted by Gasteiger charge is -2.47. The number of fused-ring (bicyclic) bond motifs is 1. The molecule has 328 valence electrons. The van der Waals surface area contributed by atoms with Crippen LogP contribution >= 0.6 is 11.3 Å². The standard InChI is InChI=1S/C34H41N5O6S.2C2HF3O2/c1-23-36-28(21-46-23)33(43)39-15-17-45-34(22-39)10-13-38(14-11-34)12-3-16-44-25-5-2-4-24(18-25)19-35-20-30(41)26-6-8-29(40)32-27(26)7-9-31(42)37-32;2*3-2(4,5)1(6)7/h2,4-9,18,21,30,35,40-41H,3,10-17,19-20,22H2,1H3,(H,37,42);2*(H,6,7)/t30-;;/m0../s1. The number of likely N-dealkylation sites (tertiary alicyclic amines) is 1. The van der Waals surface area contributed by atoms with E-state index in [4.69, 9.17) is 29.3 Å². The van der Waals surface area contributed by atoms with Gasteiger partial charge in [-0.25, -0.2) is 14.6 Å². The van der Waals surface area contributed by atoms with Crippen molar-refractivity contribution in [2.75, 3.05) is 52.5 Å². The summed E-state index contributed by atoms with van der Waals surface area (Å²) in [4.78, 5) is 53.8. The smallest absolute Gasteiger partial charge is 0.490 e. The number of carbonyl (C=O) groups is 3. The maximum atomic E-state index is 13.0. The number of carboxylic acids is 2. The van der Waals surface area contributed by atoms with Crippen molar-refractivity contribution < 1.29 is 70.6 Å². The van der Waals surface area contributed by atoms with Gasteiger partial charge in [0.05, 0.1) is 42.0 Å². The first-order valence-electron chi connectivity index (χ1n) is 18.3. The summed E-state index contributed by atoms with van der Waals surface area (Å²) in [6.07, 6.45) is -8.28. The molecule has 2 aliphatic rings. The molecule has 60 heavy (non-hydrogen) atoms. The SMILES string of the molecule is Cc1nc(C(=O)N2CCOC3(CCN(CCCOc4cccc(CNC[C@H](O)c5ccc(O)c6[nH]c(=O)ccc56)c4)CC3)C2)cs1.O=C(O)C(F)(F)F.O=C(O)C(F)(F)F. The van der Waals surface area contributed by atoms with Crippen LogP contribution in [-0.2, 0) is 20.9 Å². The molecule has 22 heteroatoms. The fourth-order valence-electron chi connectivity index (χ4n) is 6.36. The molecule has 2 aromatic carbocycles. The van der Waals surface area contributed by atoms with Gasteiger partial charge in [0, 0.05) is 56.1 Å². The average Bonchev–Trinajstić information content (AvgIpc) is 3.63. The largest absolute Gasteiger partial charge is 0.506 e. The molecule has 1 amide bonds. The number of thiazole rings is 1. The van der Waals surface area contributed by atoms with Gasteiger partial charge in [0.1, 0.15) is 17.2 Å². The summed E-state index contributed by atoms with van der Waals surface area (Å²) < 4.78 is 75.8. The third kappa shape index (κ3) is 13.9. The number of alkyl halides is 6. The second-order valence-corrected chi connectivity index (χ2v) is 14.8. The Balaban J connectivity index is 0.000000488. The van der Waals surface area contributed by atoms with E-state index in [2.05, 4.69) is 20.2 Å². The van der Waals surface area contributed by atoms with E-state index in [0.717, 1.165) is 55.2 Å². The second kappa shape index (κ2) is 20.8. The minimum absolute atomic E-state index is 0.00595. The molecule has 0 radical (unpaired) electrons. The van der Waals surface area contributed by atoms with E-state index in [-0.39, 0.29) is 22.8 Å². The topological polar surface area (TPSA) is 215 Å². The highest BCUT2D eigenvalue weighted by molar-refractivity contribution is 7.09. The maximum Gasteiger partial charge on any atom is 0.490 e. The van der Waals surface area contributed by atoms with Crippen molar-refractivity contribution in [2.45, 2.75) is 56.8 Å². The van der Waals surface area contributed by atoms with Crippen LogP contribution in [0.3, 0.4) is 0 Å². The zero-order chi connectivity index (χ0) is 44.3. The van der Waals surface area contributed by atoms with E-state index in [1.54, 1.807) is 12.1 Å². The highest BCUT2D eigenvalue weighted by Gasteiger charge is 2.41. The lowest BCUT2D eigenvalue weighted by atomic mass is 9.89. The van der Waals surface area contributed by atoms with Crippen molar-refractivity contribution in [3.8, 4) is 11.5 Å². The third-order valence-corrected chi connectivity index (χ3v) is 10.1. The van der Waals surface area contributed by atoms with Gasteiger partial charge in [-0.05, 0) is 61.6 Å². The molecular weight excluding hydrogens is 832 g/mol. The number of phenols is 1. The number of aromatic amines is 1. The number of aliphatic carboxylic acids is 2. The molecule has 2 aromatic heterocycles. The van der Waals surface area contributed by atoms with Crippen LogP contribution in [0.4, 0.5) is 26.3 Å². The fourth-order valence-corrected chi connectivity index (χ4v) is 6.95. The van der Waals surface area contributed by atoms with E-state index < -0.39 is 30.4 Å². The third-order valence-electron chi connectivity index (χ3n) is 9.34. The Labute approximate surface area is 342 Å². The molecule has 1 atom stereocenters. The molecule has 0 saturated carbocycles. The number of amides is 1. The van der Waals surface area contributed by atoms with Crippen LogP contribution in [-0.4, -0.2) is 128 Å². The highest BCUT2D eigenvalue weighted by Crippen LogP contribution is 2.32. The number of nitrogens with one attached hydrogen (secondary N) is 2. The minimum Gasteiger partial charge on any atom is -0.506 e. The van der Waals surface area contributed by atoms with Crippen LogP contribution in [0, 0.1) is 6.92 Å². The summed E-state index contributed by atoms with van der Waals surface area (Å²) in [5.41, 5.74) is 1.94. The molecule has 6 rings (SSSR count). The van der Waals surface area contributed by atoms with Crippen molar-refractivity contribution in [1.29, 1.82) is 0 Å². The number of aromatic hydroxyl groups is 1. The van der Waals surface area contributed by atoms with Gasteiger partial charge in [-0.3, -0.25) is 9.59 Å². The number of carboxylic acid groups (broad SMARTS) is 2. The van der Waals surface area contributed by atoms with Gasteiger partial charge in [0.15, 0.2) is 0 Å². The number of pyridine rings is 1. The van der Waals surface area contributed by atoms with Crippen LogP contribution in [0.1, 0.15) is 52.0 Å². The fraction of sp³-hybridized carbons (Fsp3) is 0.447. The Bertz CT molecular complexity index is 2120. The lowest BCUT2D eigenvalue weighted by molar-refractivity contribution is -0.193. The van der Waals surface area contributed by atoms with Crippen molar-refractivity contribution in [2.24, 2.45) is 0 Å². The summed E-state index contributed by atoms with van der Waals surface area (Å²) in [5.74, 6) is -4.73. The number of ether oxygens (including phenoxy) is 2. The van der Waals surface area contributed by atoms with Gasteiger partial charge < -0.3 is 50.0 Å². The molecule has 2 fully saturated rings. The quantitative estimate of drug-likeness (QED) is 0.0879. The number of carbonyl (C=O) groups excluding carboxylic acids is 1. The van der Waals surface area contributed by atoms with Crippen LogP contribution in [0.2, 0.25) is 0 Å². The van der Waals surface area contributed by atoms with Crippen molar-refractivity contribution >= 4 is 40.1 Å². The first-order chi connectivity index (χ1) is 28.2. The zero-order valence-corrected chi connectivity index (χ0v) is 32.8. The van der Waals surface area contributed by atoms with E-state index in [0.29, 0.717) is 61.6 Å². The Morgan fingerprint density at radius 2 is 1.68 bits per heavy atom. The number of aromatic nitrogens is 2. The number of hydrogen-bond donors (Lipinski definition) is 6. The molecule has 2 aliphatic heterocycles. The van der Waals surface area contributed by atoms with Crippen molar-refractivity contribution in [3.05, 3.63) is 86.1 Å². The summed E-state index contributed by atoms with van der Waals surface area (Å²) in [7, 11) is 0. The van der Waals surface area contributed by atoms with Gasteiger partial charge in [-0.2, -0.15) is 26.3 Å². The summed E-state index contributed by atoms with van der Waals surface area (Å²) in [6.45, 7) is 7.98. The Morgan fingerprint density at radius 3 is 2.30 bits per heavy atom. The molecular formula is C38H43F6N5O10S. The van der Waals surface area contributed by atoms with Gasteiger partial charge in [0.2, 0.25) is 5.56 Å². The number of aryl methyl sites for hydroxylation is 1. The number of nitrogens with zero attached hydrogens (tertiary/aromatic N) is 3. The normalized spacial score (nSPS) is 16.0. The number of H-pyrrole nitrogens is 1. The number of phenolic OH excluding ortho intramolecular Hbond substituents is 1. The second-order valence-electron chi connectivity index (χ2n) is 13.7. The molecule has 15 nitrogen and oxygen atoms in total. The summed E-state index contributed by atoms with van der Waals surface area (Å²) >= 11 is 1.50. The van der Waals surface area contributed by atoms with Crippen molar-refractivity contribution in [3.63, 3.8) is 0 Å².